The molecule has 0 aliphatic heterocycles. The van der Waals surface area contributed by atoms with E-state index in [0.29, 0.717) is 5.56 Å². The third kappa shape index (κ3) is 4.03. The summed E-state index contributed by atoms with van der Waals surface area (Å²) in [4.78, 5) is 3.64. The number of rotatable bonds is 4. The van der Waals surface area contributed by atoms with Crippen molar-refractivity contribution in [1.82, 2.24) is 4.98 Å². The van der Waals surface area contributed by atoms with Gasteiger partial charge in [0.2, 0.25) is 5.88 Å². The van der Waals surface area contributed by atoms with E-state index < -0.39 is 18.8 Å². The lowest BCUT2D eigenvalue weighted by Gasteiger charge is -2.10. The van der Waals surface area contributed by atoms with Crippen LogP contribution in [0.5, 0.6) is 5.88 Å². The van der Waals surface area contributed by atoms with Crippen molar-refractivity contribution in [3.8, 4) is 5.88 Å². The maximum Gasteiger partial charge on any atom is 0.422 e. The van der Waals surface area contributed by atoms with Gasteiger partial charge < -0.3 is 15.6 Å². The molecule has 0 saturated carbocycles. The minimum atomic E-state index is -4.39. The fourth-order valence-electron chi connectivity index (χ4n) is 0.958. The van der Waals surface area contributed by atoms with Crippen LogP contribution >= 0.6 is 0 Å². The van der Waals surface area contributed by atoms with Crippen LogP contribution in [0.15, 0.2) is 18.3 Å². The van der Waals surface area contributed by atoms with E-state index in [1.807, 2.05) is 0 Å². The summed E-state index contributed by atoms with van der Waals surface area (Å²) in [5.41, 5.74) is 6.01. The Bertz CT molecular complexity index is 327. The highest BCUT2D eigenvalue weighted by molar-refractivity contribution is 5.20. The van der Waals surface area contributed by atoms with Crippen molar-refractivity contribution >= 4 is 0 Å². The number of ether oxygens (including phenoxy) is 1. The Balaban J connectivity index is 2.58. The molecule has 0 fully saturated rings. The molecule has 3 N–H and O–H groups in total. The second-order valence-electron chi connectivity index (χ2n) is 3.12. The molecule has 0 bridgehead atoms. The largest absolute Gasteiger partial charge is 0.468 e. The van der Waals surface area contributed by atoms with Crippen molar-refractivity contribution < 1.29 is 23.0 Å². The van der Waals surface area contributed by atoms with Gasteiger partial charge in [-0.15, -0.1) is 0 Å². The van der Waals surface area contributed by atoms with E-state index in [1.54, 1.807) is 0 Å². The Kier molecular flexibility index (Phi) is 4.08. The average molecular weight is 236 g/mol. The number of alkyl halides is 3. The highest BCUT2D eigenvalue weighted by Gasteiger charge is 2.28. The lowest BCUT2D eigenvalue weighted by atomic mass is 10.1. The Labute approximate surface area is 89.9 Å². The lowest BCUT2D eigenvalue weighted by Crippen LogP contribution is -2.20. The number of aromatic nitrogens is 1. The van der Waals surface area contributed by atoms with Gasteiger partial charge in [0, 0.05) is 12.3 Å². The van der Waals surface area contributed by atoms with Crippen LogP contribution in [-0.4, -0.2) is 29.5 Å². The van der Waals surface area contributed by atoms with Crippen molar-refractivity contribution in [3.05, 3.63) is 23.9 Å². The molecule has 0 aromatic carbocycles. The first-order valence-electron chi connectivity index (χ1n) is 4.44. The predicted molar refractivity (Wildman–Crippen MR) is 49.8 cm³/mol. The predicted octanol–water partition coefficient (Wildman–Crippen LogP) is 1.01. The van der Waals surface area contributed by atoms with E-state index in [1.165, 1.54) is 18.3 Å². The molecule has 1 unspecified atom stereocenters. The molecule has 0 amide bonds. The van der Waals surface area contributed by atoms with E-state index in [-0.39, 0.29) is 12.5 Å². The van der Waals surface area contributed by atoms with Crippen LogP contribution in [0.25, 0.3) is 0 Å². The number of halogens is 3. The average Bonchev–Trinajstić information content (AvgIpc) is 2.25. The van der Waals surface area contributed by atoms with Gasteiger partial charge in [-0.1, -0.05) is 6.07 Å². The number of hydrogen-bond acceptors (Lipinski definition) is 4. The van der Waals surface area contributed by atoms with Crippen LogP contribution in [0.3, 0.4) is 0 Å². The number of hydrogen-bond donors (Lipinski definition) is 2. The molecule has 0 spiro atoms. The first-order valence-corrected chi connectivity index (χ1v) is 4.44. The van der Waals surface area contributed by atoms with Gasteiger partial charge in [0.15, 0.2) is 6.61 Å². The van der Waals surface area contributed by atoms with Gasteiger partial charge in [0.25, 0.3) is 0 Å². The summed E-state index contributed by atoms with van der Waals surface area (Å²) in [5, 5.41) is 8.73. The van der Waals surface area contributed by atoms with E-state index in [9.17, 15) is 13.2 Å². The molecule has 4 nitrogen and oxygen atoms in total. The first kappa shape index (κ1) is 12.7. The molecule has 90 valence electrons. The van der Waals surface area contributed by atoms with Gasteiger partial charge in [-0.3, -0.25) is 0 Å². The summed E-state index contributed by atoms with van der Waals surface area (Å²) >= 11 is 0. The van der Waals surface area contributed by atoms with Gasteiger partial charge in [-0.2, -0.15) is 13.2 Å². The summed E-state index contributed by atoms with van der Waals surface area (Å²) in [6.45, 7) is -1.64. The van der Waals surface area contributed by atoms with Gasteiger partial charge in [0.05, 0.1) is 12.6 Å². The molecule has 1 aromatic rings. The highest BCUT2D eigenvalue weighted by atomic mass is 19.4. The zero-order valence-corrected chi connectivity index (χ0v) is 8.24. The molecule has 1 heterocycles. The quantitative estimate of drug-likeness (QED) is 0.818. The second kappa shape index (κ2) is 5.13. The Morgan fingerprint density at radius 2 is 2.12 bits per heavy atom. The molecule has 0 saturated heterocycles. The summed E-state index contributed by atoms with van der Waals surface area (Å²) in [6, 6.07) is 2.14. The Morgan fingerprint density at radius 1 is 1.44 bits per heavy atom. The molecule has 0 aliphatic rings. The van der Waals surface area contributed by atoms with E-state index in [0.717, 1.165) is 0 Å². The topological polar surface area (TPSA) is 68.4 Å². The van der Waals surface area contributed by atoms with Crippen molar-refractivity contribution in [2.24, 2.45) is 5.73 Å². The summed E-state index contributed by atoms with van der Waals surface area (Å²) < 4.78 is 39.8. The van der Waals surface area contributed by atoms with E-state index in [4.69, 9.17) is 10.8 Å². The summed E-state index contributed by atoms with van der Waals surface area (Å²) in [5.74, 6) is -0.133. The van der Waals surface area contributed by atoms with Crippen LogP contribution in [0.1, 0.15) is 11.6 Å². The first-order chi connectivity index (χ1) is 7.42. The SMILES string of the molecule is NC(CO)c1ccc(OCC(F)(F)F)nc1. The third-order valence-corrected chi connectivity index (χ3v) is 1.77. The third-order valence-electron chi connectivity index (χ3n) is 1.77. The van der Waals surface area contributed by atoms with Gasteiger partial charge in [-0.05, 0) is 5.56 Å². The van der Waals surface area contributed by atoms with E-state index >= 15 is 0 Å². The fraction of sp³-hybridized carbons (Fsp3) is 0.444. The fourth-order valence-corrected chi connectivity index (χ4v) is 0.958. The maximum absolute atomic E-state index is 11.8. The molecule has 7 heteroatoms. The monoisotopic (exact) mass is 236 g/mol. The Hall–Kier alpha value is -1.34. The lowest BCUT2D eigenvalue weighted by molar-refractivity contribution is -0.154. The molecule has 16 heavy (non-hydrogen) atoms. The van der Waals surface area contributed by atoms with Crippen LogP contribution < -0.4 is 10.5 Å². The van der Waals surface area contributed by atoms with Crippen LogP contribution in [0, 0.1) is 0 Å². The number of nitrogens with two attached hydrogens (primary N) is 1. The number of aliphatic hydroxyl groups is 1. The zero-order valence-electron chi connectivity index (χ0n) is 8.24. The summed E-state index contributed by atoms with van der Waals surface area (Å²) in [7, 11) is 0. The molecule has 1 rings (SSSR count). The second-order valence-corrected chi connectivity index (χ2v) is 3.12. The van der Waals surface area contributed by atoms with Crippen molar-refractivity contribution in [3.63, 3.8) is 0 Å². The van der Waals surface area contributed by atoms with Crippen LogP contribution in [0.2, 0.25) is 0 Å². The van der Waals surface area contributed by atoms with Gasteiger partial charge in [-0.25, -0.2) is 4.98 Å². The molecule has 1 aromatic heterocycles. The minimum Gasteiger partial charge on any atom is -0.468 e. The smallest absolute Gasteiger partial charge is 0.422 e. The van der Waals surface area contributed by atoms with Gasteiger partial charge in [0.1, 0.15) is 0 Å². The molecular weight excluding hydrogens is 225 g/mol. The van der Waals surface area contributed by atoms with Crippen LogP contribution in [0.4, 0.5) is 13.2 Å². The number of pyridine rings is 1. The van der Waals surface area contributed by atoms with Crippen molar-refractivity contribution in [2.75, 3.05) is 13.2 Å². The molecule has 0 aliphatic carbocycles. The zero-order chi connectivity index (χ0) is 12.2. The van der Waals surface area contributed by atoms with Crippen molar-refractivity contribution in [1.29, 1.82) is 0 Å². The van der Waals surface area contributed by atoms with Crippen LogP contribution in [-0.2, 0) is 0 Å². The van der Waals surface area contributed by atoms with E-state index in [2.05, 4.69) is 9.72 Å². The summed E-state index contributed by atoms with van der Waals surface area (Å²) in [6.07, 6.45) is -3.12. The molecule has 0 radical (unpaired) electrons. The highest BCUT2D eigenvalue weighted by Crippen LogP contribution is 2.18. The molecular formula is C9H11F3N2O2. The van der Waals surface area contributed by atoms with Crippen molar-refractivity contribution in [2.45, 2.75) is 12.2 Å². The number of nitrogens with zero attached hydrogens (tertiary/aromatic N) is 1. The van der Waals surface area contributed by atoms with Gasteiger partial charge >= 0.3 is 6.18 Å². The normalized spacial score (nSPS) is 13.6. The standard InChI is InChI=1S/C9H11F3N2O2/c10-9(11,12)5-16-8-2-1-6(3-14-8)7(13)4-15/h1-3,7,15H,4-5,13H2. The molecule has 1 atom stereocenters. The maximum atomic E-state index is 11.8. The minimum absolute atomic E-state index is 0.133. The number of aliphatic hydroxyl groups excluding tert-OH is 1. The Morgan fingerprint density at radius 3 is 2.56 bits per heavy atom.